The van der Waals surface area contributed by atoms with Crippen molar-refractivity contribution in [1.29, 1.82) is 0 Å². The van der Waals surface area contributed by atoms with Crippen LogP contribution in [-0.4, -0.2) is 15.5 Å². The number of anilines is 1. The van der Waals surface area contributed by atoms with E-state index in [1.54, 1.807) is 11.3 Å². The van der Waals surface area contributed by atoms with E-state index in [0.29, 0.717) is 11.1 Å². The molecular weight excluding hydrogens is 382 g/mol. The quantitative estimate of drug-likeness (QED) is 0.556. The lowest BCUT2D eigenvalue weighted by atomic mass is 10.1. The van der Waals surface area contributed by atoms with Crippen molar-refractivity contribution in [2.75, 3.05) is 5.32 Å². The molecule has 4 aromatic rings. The van der Waals surface area contributed by atoms with Crippen LogP contribution in [0.3, 0.4) is 0 Å². The highest BCUT2D eigenvalue weighted by molar-refractivity contribution is 7.18. The summed E-state index contributed by atoms with van der Waals surface area (Å²) in [6.07, 6.45) is 4.52. The van der Waals surface area contributed by atoms with Gasteiger partial charge in [-0.3, -0.25) is 14.2 Å². The molecule has 1 aliphatic rings. The summed E-state index contributed by atoms with van der Waals surface area (Å²) >= 11 is 1.61. The van der Waals surface area contributed by atoms with Crippen molar-refractivity contribution in [3.63, 3.8) is 0 Å². The lowest BCUT2D eigenvalue weighted by Gasteiger charge is -2.08. The van der Waals surface area contributed by atoms with Crippen LogP contribution in [0.4, 0.5) is 5.69 Å². The predicted octanol–water partition coefficient (Wildman–Crippen LogP) is 4.25. The molecule has 0 saturated carbocycles. The Labute approximate surface area is 171 Å². The topological polar surface area (TPSA) is 64.0 Å². The molecule has 144 valence electrons. The van der Waals surface area contributed by atoms with E-state index in [1.165, 1.54) is 15.8 Å². The summed E-state index contributed by atoms with van der Waals surface area (Å²) in [6.45, 7) is -0.0488. The molecule has 0 aliphatic heterocycles. The Bertz CT molecular complexity index is 1260. The summed E-state index contributed by atoms with van der Waals surface area (Å²) in [5.74, 6) is -0.243. The minimum atomic E-state index is -0.243. The monoisotopic (exact) mass is 401 g/mol. The zero-order valence-corrected chi connectivity index (χ0v) is 16.5. The molecule has 1 amide bonds. The van der Waals surface area contributed by atoms with E-state index in [0.717, 1.165) is 40.8 Å². The van der Waals surface area contributed by atoms with Crippen LogP contribution in [0.15, 0.2) is 65.7 Å². The van der Waals surface area contributed by atoms with Crippen molar-refractivity contribution < 1.29 is 4.79 Å². The Morgan fingerprint density at radius 2 is 1.79 bits per heavy atom. The van der Waals surface area contributed by atoms with Crippen molar-refractivity contribution in [3.05, 3.63) is 81.7 Å². The number of hydrogen-bond acceptors (Lipinski definition) is 4. The average Bonchev–Trinajstić information content (AvgIpc) is 3.32. The summed E-state index contributed by atoms with van der Waals surface area (Å²) in [4.78, 5) is 31.9. The molecule has 5 nitrogen and oxygen atoms in total. The van der Waals surface area contributed by atoms with Gasteiger partial charge in [-0.25, -0.2) is 4.98 Å². The fourth-order valence-corrected chi connectivity index (χ4v) is 5.08. The van der Waals surface area contributed by atoms with Crippen LogP contribution in [-0.2, 0) is 24.2 Å². The number of aromatic nitrogens is 2. The molecule has 1 aliphatic carbocycles. The van der Waals surface area contributed by atoms with E-state index in [2.05, 4.69) is 10.3 Å². The third kappa shape index (κ3) is 3.36. The van der Waals surface area contributed by atoms with Crippen LogP contribution in [0.1, 0.15) is 16.9 Å². The molecular formula is C23H19N3O2S. The number of thiophene rings is 1. The Morgan fingerprint density at radius 1 is 1.03 bits per heavy atom. The number of fused-ring (bicyclic) bond motifs is 3. The first-order valence-corrected chi connectivity index (χ1v) is 10.5. The highest BCUT2D eigenvalue weighted by Crippen LogP contribution is 2.34. The highest BCUT2D eigenvalue weighted by atomic mass is 32.1. The van der Waals surface area contributed by atoms with Gasteiger partial charge in [-0.15, -0.1) is 11.3 Å². The molecule has 1 N–H and O–H groups in total. The van der Waals surface area contributed by atoms with E-state index in [4.69, 9.17) is 0 Å². The molecule has 2 heterocycles. The van der Waals surface area contributed by atoms with Crippen LogP contribution < -0.4 is 10.9 Å². The van der Waals surface area contributed by atoms with E-state index in [-0.39, 0.29) is 18.0 Å². The second-order valence-corrected chi connectivity index (χ2v) is 8.29. The number of nitrogens with zero attached hydrogens (tertiary/aromatic N) is 2. The van der Waals surface area contributed by atoms with E-state index >= 15 is 0 Å². The first kappa shape index (κ1) is 17.8. The van der Waals surface area contributed by atoms with Crippen LogP contribution in [0.2, 0.25) is 0 Å². The van der Waals surface area contributed by atoms with Gasteiger partial charge in [0, 0.05) is 10.6 Å². The van der Waals surface area contributed by atoms with E-state index in [9.17, 15) is 9.59 Å². The van der Waals surface area contributed by atoms with Gasteiger partial charge in [0.05, 0.1) is 11.7 Å². The maximum atomic E-state index is 12.9. The summed E-state index contributed by atoms with van der Waals surface area (Å²) in [6, 6.07) is 17.8. The number of nitrogens with one attached hydrogen (secondary N) is 1. The number of carbonyl (C=O) groups excluding carboxylic acids is 1. The van der Waals surface area contributed by atoms with Crippen molar-refractivity contribution in [2.45, 2.75) is 25.8 Å². The van der Waals surface area contributed by atoms with Crippen LogP contribution in [0.25, 0.3) is 21.3 Å². The predicted molar refractivity (Wildman–Crippen MR) is 116 cm³/mol. The first-order chi connectivity index (χ1) is 14.2. The molecule has 29 heavy (non-hydrogen) atoms. The maximum Gasteiger partial charge on any atom is 0.262 e. The molecule has 0 unspecified atom stereocenters. The van der Waals surface area contributed by atoms with Crippen molar-refractivity contribution in [3.8, 4) is 11.1 Å². The summed E-state index contributed by atoms with van der Waals surface area (Å²) in [5.41, 5.74) is 3.92. The van der Waals surface area contributed by atoms with Crippen molar-refractivity contribution in [1.82, 2.24) is 9.55 Å². The zero-order chi connectivity index (χ0) is 19.8. The first-order valence-electron chi connectivity index (χ1n) is 9.64. The number of amides is 1. The molecule has 2 aromatic carbocycles. The van der Waals surface area contributed by atoms with Gasteiger partial charge in [-0.05, 0) is 48.1 Å². The van der Waals surface area contributed by atoms with Gasteiger partial charge in [-0.1, -0.05) is 42.5 Å². The minimum absolute atomic E-state index is 0.0488. The Kier molecular flexibility index (Phi) is 4.48. The minimum Gasteiger partial charge on any atom is -0.325 e. The van der Waals surface area contributed by atoms with Crippen LogP contribution in [0.5, 0.6) is 0 Å². The second kappa shape index (κ2) is 7.29. The van der Waals surface area contributed by atoms with Crippen molar-refractivity contribution in [2.24, 2.45) is 0 Å². The maximum absolute atomic E-state index is 12.9. The fourth-order valence-electron chi connectivity index (χ4n) is 3.86. The third-order valence-electron chi connectivity index (χ3n) is 5.28. The van der Waals surface area contributed by atoms with E-state index < -0.39 is 0 Å². The second-order valence-electron chi connectivity index (χ2n) is 7.21. The molecule has 6 heteroatoms. The molecule has 2 aromatic heterocycles. The summed E-state index contributed by atoms with van der Waals surface area (Å²) in [7, 11) is 0. The third-order valence-corrected chi connectivity index (χ3v) is 6.48. The average molecular weight is 401 g/mol. The highest BCUT2D eigenvalue weighted by Gasteiger charge is 2.21. The SMILES string of the molecule is O=C(Cn1cnc2sc3c(c2c1=O)CCC3)Nc1ccc(-c2ccccc2)cc1. The summed E-state index contributed by atoms with van der Waals surface area (Å²) in [5, 5.41) is 3.57. The standard InChI is InChI=1S/C23H19N3O2S/c27-20(25-17-11-9-16(10-12-17)15-5-2-1-3-6-15)13-26-14-24-22-21(23(26)28)18-7-4-8-19(18)29-22/h1-3,5-6,9-12,14H,4,7-8,13H2,(H,25,27). The largest absolute Gasteiger partial charge is 0.325 e. The van der Waals surface area contributed by atoms with Crippen LogP contribution >= 0.6 is 11.3 Å². The molecule has 5 rings (SSSR count). The van der Waals surface area contributed by atoms with E-state index in [1.807, 2.05) is 54.6 Å². The van der Waals surface area contributed by atoms with Crippen LogP contribution in [0, 0.1) is 0 Å². The zero-order valence-electron chi connectivity index (χ0n) is 15.7. The van der Waals surface area contributed by atoms with Gasteiger partial charge in [0.1, 0.15) is 11.4 Å². The van der Waals surface area contributed by atoms with Gasteiger partial charge < -0.3 is 5.32 Å². The lowest BCUT2D eigenvalue weighted by Crippen LogP contribution is -2.28. The molecule has 0 bridgehead atoms. The smallest absolute Gasteiger partial charge is 0.262 e. The molecule has 0 fully saturated rings. The number of carbonyl (C=O) groups is 1. The molecule has 0 saturated heterocycles. The van der Waals surface area contributed by atoms with Gasteiger partial charge in [0.25, 0.3) is 5.56 Å². The summed E-state index contributed by atoms with van der Waals surface area (Å²) < 4.78 is 1.40. The van der Waals surface area contributed by atoms with Gasteiger partial charge in [-0.2, -0.15) is 0 Å². The Hall–Kier alpha value is -3.25. The lowest BCUT2D eigenvalue weighted by molar-refractivity contribution is -0.116. The number of benzene rings is 2. The van der Waals surface area contributed by atoms with Gasteiger partial charge in [0.2, 0.25) is 5.91 Å². The molecule has 0 atom stereocenters. The number of rotatable bonds is 4. The van der Waals surface area contributed by atoms with Gasteiger partial charge in [0.15, 0.2) is 0 Å². The number of aryl methyl sites for hydroxylation is 2. The van der Waals surface area contributed by atoms with Crippen molar-refractivity contribution >= 4 is 33.1 Å². The number of hydrogen-bond donors (Lipinski definition) is 1. The normalized spacial score (nSPS) is 12.8. The fraction of sp³-hybridized carbons (Fsp3) is 0.174. The molecule has 0 radical (unpaired) electrons. The Morgan fingerprint density at radius 3 is 2.59 bits per heavy atom. The van der Waals surface area contributed by atoms with Gasteiger partial charge >= 0.3 is 0 Å². The molecule has 0 spiro atoms. The Balaban J connectivity index is 1.33.